The number of rotatable bonds is 5. The van der Waals surface area contributed by atoms with Crippen LogP contribution >= 0.6 is 0 Å². The van der Waals surface area contributed by atoms with Gasteiger partial charge >= 0.3 is 0 Å². The fourth-order valence-electron chi connectivity index (χ4n) is 1.92. The van der Waals surface area contributed by atoms with Gasteiger partial charge in [-0.2, -0.15) is 0 Å². The Balaban J connectivity index is 1.83. The number of epoxide rings is 1. The molecule has 3 nitrogen and oxygen atoms in total. The van der Waals surface area contributed by atoms with Crippen molar-refractivity contribution in [2.24, 2.45) is 0 Å². The van der Waals surface area contributed by atoms with Crippen LogP contribution in [0, 0.1) is 0 Å². The lowest BCUT2D eigenvalue weighted by molar-refractivity contribution is 0.0671. The van der Waals surface area contributed by atoms with Crippen molar-refractivity contribution >= 4 is 0 Å². The summed E-state index contributed by atoms with van der Waals surface area (Å²) in [7, 11) is 0. The van der Waals surface area contributed by atoms with Gasteiger partial charge in [-0.1, -0.05) is 30.3 Å². The van der Waals surface area contributed by atoms with Crippen molar-refractivity contribution in [3.05, 3.63) is 66.0 Å². The molecule has 1 aromatic heterocycles. The number of pyridine rings is 1. The van der Waals surface area contributed by atoms with Gasteiger partial charge in [0.25, 0.3) is 0 Å². The number of ether oxygens (including phenoxy) is 2. The maximum absolute atomic E-state index is 5.99. The minimum absolute atomic E-state index is 0.0431. The second-order valence-corrected chi connectivity index (χ2v) is 4.36. The quantitative estimate of drug-likeness (QED) is 0.755. The van der Waals surface area contributed by atoms with Crippen LogP contribution in [0.2, 0.25) is 0 Å². The zero-order valence-electron chi connectivity index (χ0n) is 10.0. The van der Waals surface area contributed by atoms with Gasteiger partial charge in [0.1, 0.15) is 12.2 Å². The Morgan fingerprint density at radius 2 is 1.78 bits per heavy atom. The summed E-state index contributed by atoms with van der Waals surface area (Å²) in [5.74, 6) is 0. The molecule has 2 aromatic rings. The van der Waals surface area contributed by atoms with E-state index in [9.17, 15) is 0 Å². The van der Waals surface area contributed by atoms with Gasteiger partial charge in [0.2, 0.25) is 0 Å². The summed E-state index contributed by atoms with van der Waals surface area (Å²) in [6.45, 7) is 1.46. The van der Waals surface area contributed by atoms with Crippen LogP contribution in [-0.2, 0) is 9.47 Å². The minimum Gasteiger partial charge on any atom is -0.371 e. The van der Waals surface area contributed by atoms with Gasteiger partial charge in [-0.25, -0.2) is 0 Å². The maximum Gasteiger partial charge on any atom is 0.108 e. The van der Waals surface area contributed by atoms with Gasteiger partial charge in [0.05, 0.1) is 13.2 Å². The third kappa shape index (κ3) is 2.75. The molecule has 3 rings (SSSR count). The van der Waals surface area contributed by atoms with Crippen LogP contribution in [0.4, 0.5) is 0 Å². The summed E-state index contributed by atoms with van der Waals surface area (Å²) >= 11 is 0. The average molecular weight is 241 g/mol. The first-order chi connectivity index (χ1) is 8.93. The molecule has 92 valence electrons. The van der Waals surface area contributed by atoms with Crippen LogP contribution in [0.5, 0.6) is 0 Å². The number of hydrogen-bond acceptors (Lipinski definition) is 3. The molecule has 2 heterocycles. The van der Waals surface area contributed by atoms with E-state index in [4.69, 9.17) is 9.47 Å². The standard InChI is InChI=1S/C15H15NO2/c1-2-4-12(5-3-1)15(18-11-14-10-17-14)13-6-8-16-9-7-13/h1-9,14-15H,10-11H2. The predicted molar refractivity (Wildman–Crippen MR) is 68.2 cm³/mol. The highest BCUT2D eigenvalue weighted by molar-refractivity contribution is 5.28. The molecule has 0 spiro atoms. The Morgan fingerprint density at radius 3 is 2.44 bits per heavy atom. The third-order valence-corrected chi connectivity index (χ3v) is 2.96. The van der Waals surface area contributed by atoms with Gasteiger partial charge in [0.15, 0.2) is 0 Å². The van der Waals surface area contributed by atoms with E-state index in [0.717, 1.165) is 17.7 Å². The van der Waals surface area contributed by atoms with E-state index in [1.165, 1.54) is 0 Å². The van der Waals surface area contributed by atoms with Crippen molar-refractivity contribution in [3.8, 4) is 0 Å². The first-order valence-electron chi connectivity index (χ1n) is 6.11. The molecular formula is C15H15NO2. The van der Waals surface area contributed by atoms with E-state index in [0.29, 0.717) is 6.61 Å². The Bertz CT molecular complexity index is 443. The van der Waals surface area contributed by atoms with E-state index in [-0.39, 0.29) is 12.2 Å². The highest BCUT2D eigenvalue weighted by atomic mass is 16.6. The molecule has 3 heteroatoms. The summed E-state index contributed by atoms with van der Waals surface area (Å²) in [5.41, 5.74) is 2.28. The zero-order valence-corrected chi connectivity index (χ0v) is 10.0. The van der Waals surface area contributed by atoms with Crippen molar-refractivity contribution in [1.29, 1.82) is 0 Å². The average Bonchev–Trinajstić information content (AvgIpc) is 3.26. The fourth-order valence-corrected chi connectivity index (χ4v) is 1.92. The molecule has 1 saturated heterocycles. The van der Waals surface area contributed by atoms with Gasteiger partial charge in [-0.3, -0.25) is 4.98 Å². The molecule has 2 unspecified atom stereocenters. The Kier molecular flexibility index (Phi) is 3.35. The van der Waals surface area contributed by atoms with Gasteiger partial charge in [0, 0.05) is 12.4 Å². The molecule has 0 radical (unpaired) electrons. The second-order valence-electron chi connectivity index (χ2n) is 4.36. The Labute approximate surface area is 106 Å². The van der Waals surface area contributed by atoms with Crippen LogP contribution in [-0.4, -0.2) is 24.3 Å². The lowest BCUT2D eigenvalue weighted by atomic mass is 10.0. The smallest absolute Gasteiger partial charge is 0.108 e. The van der Waals surface area contributed by atoms with Crippen molar-refractivity contribution < 1.29 is 9.47 Å². The lowest BCUT2D eigenvalue weighted by Gasteiger charge is -2.18. The number of benzene rings is 1. The normalized spacial score (nSPS) is 19.4. The molecule has 1 aliphatic heterocycles. The Morgan fingerprint density at radius 1 is 1.11 bits per heavy atom. The lowest BCUT2D eigenvalue weighted by Crippen LogP contribution is -2.10. The summed E-state index contributed by atoms with van der Waals surface area (Å²) in [4.78, 5) is 4.05. The van der Waals surface area contributed by atoms with E-state index in [1.807, 2.05) is 30.3 Å². The summed E-state index contributed by atoms with van der Waals surface area (Å²) in [6.07, 6.45) is 3.82. The highest BCUT2D eigenvalue weighted by Crippen LogP contribution is 2.26. The zero-order chi connectivity index (χ0) is 12.2. The number of hydrogen-bond donors (Lipinski definition) is 0. The van der Waals surface area contributed by atoms with Gasteiger partial charge in [-0.05, 0) is 23.3 Å². The minimum atomic E-state index is -0.0431. The van der Waals surface area contributed by atoms with E-state index in [1.54, 1.807) is 12.4 Å². The van der Waals surface area contributed by atoms with Crippen molar-refractivity contribution in [3.63, 3.8) is 0 Å². The van der Waals surface area contributed by atoms with E-state index >= 15 is 0 Å². The van der Waals surface area contributed by atoms with Crippen molar-refractivity contribution in [1.82, 2.24) is 4.98 Å². The molecule has 1 aromatic carbocycles. The molecule has 0 saturated carbocycles. The fraction of sp³-hybridized carbons (Fsp3) is 0.267. The van der Waals surface area contributed by atoms with Crippen LogP contribution in [0.15, 0.2) is 54.9 Å². The van der Waals surface area contributed by atoms with Gasteiger partial charge in [-0.15, -0.1) is 0 Å². The van der Waals surface area contributed by atoms with Crippen LogP contribution in [0.1, 0.15) is 17.2 Å². The summed E-state index contributed by atoms with van der Waals surface area (Å²) in [6, 6.07) is 14.2. The molecule has 18 heavy (non-hydrogen) atoms. The first-order valence-corrected chi connectivity index (χ1v) is 6.11. The molecule has 0 N–H and O–H groups in total. The molecule has 0 bridgehead atoms. The molecule has 0 amide bonds. The van der Waals surface area contributed by atoms with Crippen LogP contribution < -0.4 is 0 Å². The monoisotopic (exact) mass is 241 g/mol. The Hall–Kier alpha value is -1.71. The SMILES string of the molecule is c1ccc(C(OCC2CO2)c2ccncc2)cc1. The first kappa shape index (κ1) is 11.4. The number of aromatic nitrogens is 1. The molecular weight excluding hydrogens is 226 g/mol. The largest absolute Gasteiger partial charge is 0.371 e. The van der Waals surface area contributed by atoms with E-state index in [2.05, 4.69) is 17.1 Å². The van der Waals surface area contributed by atoms with Crippen molar-refractivity contribution in [2.75, 3.05) is 13.2 Å². The van der Waals surface area contributed by atoms with E-state index < -0.39 is 0 Å². The molecule has 1 aliphatic rings. The highest BCUT2D eigenvalue weighted by Gasteiger charge is 2.25. The van der Waals surface area contributed by atoms with Gasteiger partial charge < -0.3 is 9.47 Å². The summed E-state index contributed by atoms with van der Waals surface area (Å²) < 4.78 is 11.2. The second kappa shape index (κ2) is 5.29. The topological polar surface area (TPSA) is 34.6 Å². The van der Waals surface area contributed by atoms with Crippen LogP contribution in [0.25, 0.3) is 0 Å². The summed E-state index contributed by atoms with van der Waals surface area (Å²) in [5, 5.41) is 0. The molecule has 2 atom stereocenters. The predicted octanol–water partition coefficient (Wildman–Crippen LogP) is 2.59. The number of nitrogens with zero attached hydrogens (tertiary/aromatic N) is 1. The maximum atomic E-state index is 5.99. The third-order valence-electron chi connectivity index (χ3n) is 2.96. The van der Waals surface area contributed by atoms with Crippen LogP contribution in [0.3, 0.4) is 0 Å². The molecule has 0 aliphatic carbocycles. The molecule has 1 fully saturated rings. The van der Waals surface area contributed by atoms with Crippen molar-refractivity contribution in [2.45, 2.75) is 12.2 Å².